The number of phenolic OH excluding ortho intramolecular Hbond substituents is 3. The molecule has 8 nitrogen and oxygen atoms in total. The van der Waals surface area contributed by atoms with E-state index in [0.717, 1.165) is 12.1 Å². The number of aromatic hydroxyl groups is 3. The van der Waals surface area contributed by atoms with Gasteiger partial charge in [0.2, 0.25) is 0 Å². The van der Waals surface area contributed by atoms with Crippen LogP contribution in [0.5, 0.6) is 23.0 Å². The number of carboxylic acid groups (broad SMARTS) is 1. The Hall–Kier alpha value is -3.26. The van der Waals surface area contributed by atoms with Gasteiger partial charge in [0.25, 0.3) is 0 Å². The summed E-state index contributed by atoms with van der Waals surface area (Å²) in [6, 6.07) is 6.94. The topological polar surface area (TPSA) is 150 Å². The van der Waals surface area contributed by atoms with Gasteiger partial charge in [-0.1, -0.05) is 12.1 Å². The SMILES string of the molecule is NC(Cc1ccc(OC(=O)c2cc(O)c(O)c(O)c2)cc1)C(=O)O. The first-order chi connectivity index (χ1) is 11.3. The number of benzene rings is 2. The van der Waals surface area contributed by atoms with E-state index in [-0.39, 0.29) is 17.7 Å². The maximum Gasteiger partial charge on any atom is 0.343 e. The fourth-order valence-electron chi connectivity index (χ4n) is 1.92. The molecule has 24 heavy (non-hydrogen) atoms. The van der Waals surface area contributed by atoms with Crippen LogP contribution in [0.15, 0.2) is 36.4 Å². The molecular formula is C16H15NO7. The molecule has 2 aromatic carbocycles. The monoisotopic (exact) mass is 333 g/mol. The molecule has 0 saturated heterocycles. The quantitative estimate of drug-likeness (QED) is 0.308. The average Bonchev–Trinajstić information content (AvgIpc) is 2.53. The molecule has 0 aromatic heterocycles. The van der Waals surface area contributed by atoms with Crippen LogP contribution in [0.3, 0.4) is 0 Å². The van der Waals surface area contributed by atoms with Gasteiger partial charge in [0.15, 0.2) is 17.2 Å². The summed E-state index contributed by atoms with van der Waals surface area (Å²) in [6.07, 6.45) is 0.128. The highest BCUT2D eigenvalue weighted by Crippen LogP contribution is 2.35. The summed E-state index contributed by atoms with van der Waals surface area (Å²) in [5, 5.41) is 36.8. The highest BCUT2D eigenvalue weighted by Gasteiger charge is 2.16. The van der Waals surface area contributed by atoms with Gasteiger partial charge < -0.3 is 30.9 Å². The molecule has 1 atom stereocenters. The van der Waals surface area contributed by atoms with Crippen molar-refractivity contribution in [2.75, 3.05) is 0 Å². The largest absolute Gasteiger partial charge is 0.504 e. The van der Waals surface area contributed by atoms with Crippen LogP contribution < -0.4 is 10.5 Å². The Morgan fingerprint density at radius 1 is 1.04 bits per heavy atom. The molecule has 0 aliphatic rings. The second-order valence-electron chi connectivity index (χ2n) is 5.05. The third-order valence-electron chi connectivity index (χ3n) is 3.21. The molecule has 0 aliphatic heterocycles. The third kappa shape index (κ3) is 3.93. The Morgan fingerprint density at radius 3 is 2.08 bits per heavy atom. The van der Waals surface area contributed by atoms with Crippen molar-refractivity contribution in [2.45, 2.75) is 12.5 Å². The molecule has 0 spiro atoms. The fourth-order valence-corrected chi connectivity index (χ4v) is 1.92. The van der Waals surface area contributed by atoms with E-state index < -0.39 is 35.2 Å². The first-order valence-electron chi connectivity index (χ1n) is 6.82. The number of carboxylic acids is 1. The number of nitrogens with two attached hydrogens (primary N) is 1. The van der Waals surface area contributed by atoms with Crippen molar-refractivity contribution in [1.82, 2.24) is 0 Å². The third-order valence-corrected chi connectivity index (χ3v) is 3.21. The molecule has 0 fully saturated rings. The molecule has 126 valence electrons. The van der Waals surface area contributed by atoms with Gasteiger partial charge in [0, 0.05) is 0 Å². The number of carbonyl (C=O) groups is 2. The fraction of sp³-hybridized carbons (Fsp3) is 0.125. The highest BCUT2D eigenvalue weighted by molar-refractivity contribution is 5.92. The first kappa shape index (κ1) is 17.1. The van der Waals surface area contributed by atoms with Crippen LogP contribution in [-0.2, 0) is 11.2 Å². The predicted octanol–water partition coefficient (Wildman–Crippen LogP) is 0.977. The summed E-state index contributed by atoms with van der Waals surface area (Å²) in [4.78, 5) is 22.7. The molecule has 8 heteroatoms. The summed E-state index contributed by atoms with van der Waals surface area (Å²) in [6.45, 7) is 0. The van der Waals surface area contributed by atoms with Crippen molar-refractivity contribution in [3.8, 4) is 23.0 Å². The van der Waals surface area contributed by atoms with E-state index in [4.69, 9.17) is 15.6 Å². The zero-order valence-corrected chi connectivity index (χ0v) is 12.3. The van der Waals surface area contributed by atoms with Crippen LogP contribution in [-0.4, -0.2) is 38.4 Å². The van der Waals surface area contributed by atoms with E-state index >= 15 is 0 Å². The minimum Gasteiger partial charge on any atom is -0.504 e. The standard InChI is InChI=1S/C16H15NO7/c17-11(15(21)22)5-8-1-3-10(4-2-8)24-16(23)9-6-12(18)14(20)13(19)7-9/h1-4,6-7,11,18-20H,5,17H2,(H,21,22). The van der Waals surface area contributed by atoms with Crippen LogP contribution in [0, 0.1) is 0 Å². The zero-order valence-electron chi connectivity index (χ0n) is 12.3. The van der Waals surface area contributed by atoms with E-state index in [1.54, 1.807) is 12.1 Å². The summed E-state index contributed by atoms with van der Waals surface area (Å²) >= 11 is 0. The van der Waals surface area contributed by atoms with Gasteiger partial charge in [-0.05, 0) is 36.2 Å². The maximum atomic E-state index is 12.0. The van der Waals surface area contributed by atoms with E-state index in [1.807, 2.05) is 0 Å². The summed E-state index contributed by atoms with van der Waals surface area (Å²) < 4.78 is 5.07. The second kappa shape index (κ2) is 6.88. The molecule has 1 unspecified atom stereocenters. The smallest absolute Gasteiger partial charge is 0.343 e. The van der Waals surface area contributed by atoms with Gasteiger partial charge in [-0.25, -0.2) is 4.79 Å². The normalized spacial score (nSPS) is 11.7. The lowest BCUT2D eigenvalue weighted by molar-refractivity contribution is -0.138. The Morgan fingerprint density at radius 2 is 1.58 bits per heavy atom. The summed E-state index contributed by atoms with van der Waals surface area (Å²) in [5.74, 6) is -3.82. The molecule has 6 N–H and O–H groups in total. The first-order valence-corrected chi connectivity index (χ1v) is 6.82. The lowest BCUT2D eigenvalue weighted by Gasteiger charge is -2.09. The molecule has 0 saturated carbocycles. The minimum atomic E-state index is -1.11. The maximum absolute atomic E-state index is 12.0. The molecular weight excluding hydrogens is 318 g/mol. The molecule has 0 aliphatic carbocycles. The van der Waals surface area contributed by atoms with Crippen LogP contribution >= 0.6 is 0 Å². The van der Waals surface area contributed by atoms with Crippen molar-refractivity contribution >= 4 is 11.9 Å². The second-order valence-corrected chi connectivity index (χ2v) is 5.05. The number of phenols is 3. The van der Waals surface area contributed by atoms with Crippen LogP contribution in [0.1, 0.15) is 15.9 Å². The Bertz CT molecular complexity index is 747. The molecule has 0 heterocycles. The van der Waals surface area contributed by atoms with Gasteiger partial charge in [0.1, 0.15) is 11.8 Å². The molecule has 2 rings (SSSR count). The number of rotatable bonds is 5. The van der Waals surface area contributed by atoms with Crippen molar-refractivity contribution in [3.05, 3.63) is 47.5 Å². The predicted molar refractivity (Wildman–Crippen MR) is 82.2 cm³/mol. The van der Waals surface area contributed by atoms with Gasteiger partial charge >= 0.3 is 11.9 Å². The molecule has 0 amide bonds. The molecule has 2 aromatic rings. The Labute approximate surface area is 136 Å². The summed E-state index contributed by atoms with van der Waals surface area (Å²) in [7, 11) is 0. The van der Waals surface area contributed by atoms with Gasteiger partial charge in [0.05, 0.1) is 5.56 Å². The van der Waals surface area contributed by atoms with Crippen LogP contribution in [0.2, 0.25) is 0 Å². The van der Waals surface area contributed by atoms with Crippen LogP contribution in [0.4, 0.5) is 0 Å². The van der Waals surface area contributed by atoms with E-state index in [1.165, 1.54) is 12.1 Å². The van der Waals surface area contributed by atoms with Crippen LogP contribution in [0.25, 0.3) is 0 Å². The molecule has 0 bridgehead atoms. The highest BCUT2D eigenvalue weighted by atomic mass is 16.5. The van der Waals surface area contributed by atoms with Crippen molar-refractivity contribution in [1.29, 1.82) is 0 Å². The lowest BCUT2D eigenvalue weighted by Crippen LogP contribution is -2.32. The van der Waals surface area contributed by atoms with Crippen molar-refractivity contribution in [3.63, 3.8) is 0 Å². The summed E-state index contributed by atoms with van der Waals surface area (Å²) in [5.41, 5.74) is 5.94. The molecule has 0 radical (unpaired) electrons. The van der Waals surface area contributed by atoms with E-state index in [9.17, 15) is 24.9 Å². The number of hydrogen-bond acceptors (Lipinski definition) is 7. The average molecular weight is 333 g/mol. The van der Waals surface area contributed by atoms with Crippen molar-refractivity contribution in [2.24, 2.45) is 5.73 Å². The van der Waals surface area contributed by atoms with Gasteiger partial charge in [-0.15, -0.1) is 0 Å². The van der Waals surface area contributed by atoms with E-state index in [2.05, 4.69) is 0 Å². The Kier molecular flexibility index (Phi) is 4.90. The number of ether oxygens (including phenoxy) is 1. The van der Waals surface area contributed by atoms with Crippen molar-refractivity contribution < 1.29 is 34.8 Å². The number of hydrogen-bond donors (Lipinski definition) is 5. The minimum absolute atomic E-state index is 0.128. The number of esters is 1. The van der Waals surface area contributed by atoms with E-state index in [0.29, 0.717) is 5.56 Å². The van der Waals surface area contributed by atoms with Gasteiger partial charge in [-0.3, -0.25) is 4.79 Å². The zero-order chi connectivity index (χ0) is 17.9. The van der Waals surface area contributed by atoms with Gasteiger partial charge in [-0.2, -0.15) is 0 Å². The number of aliphatic carboxylic acids is 1. The lowest BCUT2D eigenvalue weighted by atomic mass is 10.1. The number of carbonyl (C=O) groups excluding carboxylic acids is 1. The Balaban J connectivity index is 2.08.